The van der Waals surface area contributed by atoms with Crippen molar-refractivity contribution in [2.75, 3.05) is 29.9 Å². The Morgan fingerprint density at radius 3 is 2.58 bits per heavy atom. The van der Waals surface area contributed by atoms with Crippen LogP contribution in [0.2, 0.25) is 0 Å². The normalized spacial score (nSPS) is 17.9. The number of hydrogen-bond acceptors (Lipinski definition) is 9. The molecule has 2 aliphatic rings. The van der Waals surface area contributed by atoms with Gasteiger partial charge in [0.05, 0.1) is 17.8 Å². The largest absolute Gasteiger partial charge is 0.444 e. The molecule has 0 aromatic carbocycles. The van der Waals surface area contributed by atoms with Crippen molar-refractivity contribution in [1.82, 2.24) is 29.8 Å². The van der Waals surface area contributed by atoms with Gasteiger partial charge in [0, 0.05) is 62.3 Å². The topological polar surface area (TPSA) is 109 Å². The Labute approximate surface area is 209 Å². The lowest BCUT2D eigenvalue weighted by atomic mass is 9.99. The number of hydrogen-bond donors (Lipinski definition) is 1. The van der Waals surface area contributed by atoms with Crippen LogP contribution in [-0.4, -0.2) is 67.2 Å². The SMILES string of the molecule is CC1c2cnc(-c3ncccn3)nc2CCN1c1cc(F)cc(NC2CN(C(=O)OC(C)(C)C)C2)n1. The molecule has 3 aromatic heterocycles. The minimum absolute atomic E-state index is 0.0220. The monoisotopic (exact) mass is 492 g/mol. The average molecular weight is 493 g/mol. The molecule has 2 aliphatic heterocycles. The number of anilines is 2. The highest BCUT2D eigenvalue weighted by molar-refractivity contribution is 5.69. The van der Waals surface area contributed by atoms with Crippen LogP contribution in [0, 0.1) is 5.82 Å². The summed E-state index contributed by atoms with van der Waals surface area (Å²) in [4.78, 5) is 38.1. The van der Waals surface area contributed by atoms with E-state index >= 15 is 0 Å². The number of ether oxygens (including phenoxy) is 1. The Morgan fingerprint density at radius 1 is 1.11 bits per heavy atom. The number of pyridine rings is 1. The second kappa shape index (κ2) is 9.29. The molecule has 5 rings (SSSR count). The highest BCUT2D eigenvalue weighted by Crippen LogP contribution is 2.33. The van der Waals surface area contributed by atoms with Gasteiger partial charge in [-0.15, -0.1) is 0 Å². The van der Waals surface area contributed by atoms with Crippen molar-refractivity contribution in [2.24, 2.45) is 0 Å². The van der Waals surface area contributed by atoms with Crippen LogP contribution in [0.3, 0.4) is 0 Å². The summed E-state index contributed by atoms with van der Waals surface area (Å²) in [6.45, 7) is 9.11. The maximum absolute atomic E-state index is 14.6. The summed E-state index contributed by atoms with van der Waals surface area (Å²) in [7, 11) is 0. The first-order chi connectivity index (χ1) is 17.2. The number of nitrogens with zero attached hydrogens (tertiary/aromatic N) is 7. The van der Waals surface area contributed by atoms with Crippen LogP contribution < -0.4 is 10.2 Å². The molecule has 0 aliphatic carbocycles. The first kappa shape index (κ1) is 23.8. The molecule has 1 fully saturated rings. The highest BCUT2D eigenvalue weighted by atomic mass is 19.1. The van der Waals surface area contributed by atoms with Crippen molar-refractivity contribution in [3.05, 3.63) is 53.9 Å². The van der Waals surface area contributed by atoms with E-state index in [1.807, 2.05) is 32.6 Å². The molecule has 5 heterocycles. The number of carbonyl (C=O) groups is 1. The van der Waals surface area contributed by atoms with Gasteiger partial charge >= 0.3 is 6.09 Å². The van der Waals surface area contributed by atoms with E-state index in [-0.39, 0.29) is 24.0 Å². The van der Waals surface area contributed by atoms with Gasteiger partial charge in [0.1, 0.15) is 23.1 Å². The molecule has 1 unspecified atom stereocenters. The third-order valence-electron chi connectivity index (χ3n) is 6.13. The second-order valence-electron chi connectivity index (χ2n) is 10.0. The molecular weight excluding hydrogens is 463 g/mol. The molecule has 0 bridgehead atoms. The van der Waals surface area contributed by atoms with Crippen molar-refractivity contribution < 1.29 is 13.9 Å². The number of likely N-dealkylation sites (tertiary alicyclic amines) is 1. The molecule has 3 aromatic rings. The lowest BCUT2D eigenvalue weighted by molar-refractivity contribution is 0.0104. The maximum Gasteiger partial charge on any atom is 0.410 e. The molecule has 1 N–H and O–H groups in total. The number of halogens is 1. The molecule has 11 heteroatoms. The van der Waals surface area contributed by atoms with Gasteiger partial charge in [0.25, 0.3) is 0 Å². The van der Waals surface area contributed by atoms with E-state index in [1.165, 1.54) is 12.1 Å². The summed E-state index contributed by atoms with van der Waals surface area (Å²) in [5.74, 6) is 1.57. The predicted molar refractivity (Wildman–Crippen MR) is 132 cm³/mol. The number of fused-ring (bicyclic) bond motifs is 1. The van der Waals surface area contributed by atoms with Crippen molar-refractivity contribution in [3.63, 3.8) is 0 Å². The van der Waals surface area contributed by atoms with E-state index in [4.69, 9.17) is 4.74 Å². The Morgan fingerprint density at radius 2 is 1.86 bits per heavy atom. The van der Waals surface area contributed by atoms with E-state index in [0.717, 1.165) is 11.3 Å². The Balaban J connectivity index is 1.27. The zero-order valence-electron chi connectivity index (χ0n) is 20.8. The van der Waals surface area contributed by atoms with Crippen LogP contribution in [0.1, 0.15) is 45.0 Å². The standard InChI is InChI=1S/C25H29FN8O2/c1-15-18-12-29-23(22-27-7-5-8-28-22)31-19(18)6-9-34(15)21-11-16(26)10-20(32-21)30-17-13-33(14-17)24(35)36-25(2,3)4/h5,7-8,10-12,15,17H,6,9,13-14H2,1-4H3,(H,30,32). The number of aromatic nitrogens is 5. The van der Waals surface area contributed by atoms with Crippen LogP contribution >= 0.6 is 0 Å². The second-order valence-corrected chi connectivity index (χ2v) is 10.0. The number of rotatable bonds is 4. The van der Waals surface area contributed by atoms with Gasteiger partial charge in [-0.3, -0.25) is 0 Å². The van der Waals surface area contributed by atoms with E-state index in [1.54, 1.807) is 29.6 Å². The fraction of sp³-hybridized carbons (Fsp3) is 0.440. The van der Waals surface area contributed by atoms with Gasteiger partial charge in [-0.05, 0) is 33.8 Å². The quantitative estimate of drug-likeness (QED) is 0.584. The lowest BCUT2D eigenvalue weighted by Gasteiger charge is -2.40. The summed E-state index contributed by atoms with van der Waals surface area (Å²) in [6, 6.07) is 4.45. The number of carbonyl (C=O) groups excluding carboxylic acids is 1. The fourth-order valence-electron chi connectivity index (χ4n) is 4.36. The van der Waals surface area contributed by atoms with Crippen LogP contribution in [-0.2, 0) is 11.2 Å². The Hall–Kier alpha value is -3.89. The maximum atomic E-state index is 14.6. The first-order valence-electron chi connectivity index (χ1n) is 12.0. The van der Waals surface area contributed by atoms with E-state index in [0.29, 0.717) is 49.3 Å². The molecule has 0 radical (unpaired) electrons. The van der Waals surface area contributed by atoms with Crippen LogP contribution in [0.25, 0.3) is 11.6 Å². The van der Waals surface area contributed by atoms with Gasteiger partial charge < -0.3 is 19.9 Å². The predicted octanol–water partition coefficient (Wildman–Crippen LogP) is 3.62. The summed E-state index contributed by atoms with van der Waals surface area (Å²) in [5, 5.41) is 3.24. The van der Waals surface area contributed by atoms with Gasteiger partial charge in [-0.25, -0.2) is 34.1 Å². The molecule has 10 nitrogen and oxygen atoms in total. The molecular formula is C25H29FN8O2. The summed E-state index contributed by atoms with van der Waals surface area (Å²) in [5.41, 5.74) is 1.36. The highest BCUT2D eigenvalue weighted by Gasteiger charge is 2.34. The van der Waals surface area contributed by atoms with Crippen LogP contribution in [0.15, 0.2) is 36.8 Å². The van der Waals surface area contributed by atoms with E-state index < -0.39 is 5.60 Å². The lowest BCUT2D eigenvalue weighted by Crippen LogP contribution is -2.58. The summed E-state index contributed by atoms with van der Waals surface area (Å²) >= 11 is 0. The average Bonchev–Trinajstić information content (AvgIpc) is 2.80. The van der Waals surface area contributed by atoms with Crippen LogP contribution in [0.5, 0.6) is 0 Å². The minimum atomic E-state index is -0.541. The Kier molecular flexibility index (Phi) is 6.15. The van der Waals surface area contributed by atoms with Crippen molar-refractivity contribution >= 4 is 17.7 Å². The molecule has 0 spiro atoms. The summed E-state index contributed by atoms with van der Waals surface area (Å²) < 4.78 is 20.0. The smallest absolute Gasteiger partial charge is 0.410 e. The summed E-state index contributed by atoms with van der Waals surface area (Å²) in [6.07, 6.45) is 5.43. The van der Waals surface area contributed by atoms with E-state index in [9.17, 15) is 9.18 Å². The molecule has 188 valence electrons. The van der Waals surface area contributed by atoms with E-state index in [2.05, 4.69) is 30.2 Å². The zero-order chi connectivity index (χ0) is 25.4. The van der Waals surface area contributed by atoms with Crippen LogP contribution in [0.4, 0.5) is 20.8 Å². The third-order valence-corrected chi connectivity index (χ3v) is 6.13. The van der Waals surface area contributed by atoms with Gasteiger partial charge in [0.2, 0.25) is 0 Å². The van der Waals surface area contributed by atoms with Gasteiger partial charge in [0.15, 0.2) is 11.6 Å². The minimum Gasteiger partial charge on any atom is -0.444 e. The molecule has 1 amide bonds. The number of amides is 1. The van der Waals surface area contributed by atoms with Gasteiger partial charge in [-0.1, -0.05) is 0 Å². The van der Waals surface area contributed by atoms with Crippen molar-refractivity contribution in [3.8, 4) is 11.6 Å². The molecule has 1 saturated heterocycles. The molecule has 0 saturated carbocycles. The number of nitrogens with one attached hydrogen (secondary N) is 1. The third kappa shape index (κ3) is 5.05. The fourth-order valence-corrected chi connectivity index (χ4v) is 4.36. The van der Waals surface area contributed by atoms with Crippen molar-refractivity contribution in [2.45, 2.75) is 51.8 Å². The first-order valence-corrected chi connectivity index (χ1v) is 12.0. The Bertz CT molecular complexity index is 1260. The molecule has 36 heavy (non-hydrogen) atoms. The zero-order valence-corrected chi connectivity index (χ0v) is 20.8. The van der Waals surface area contributed by atoms with Gasteiger partial charge in [-0.2, -0.15) is 0 Å². The molecule has 1 atom stereocenters. The van der Waals surface area contributed by atoms with Crippen molar-refractivity contribution in [1.29, 1.82) is 0 Å².